The van der Waals surface area contributed by atoms with Gasteiger partial charge in [0.25, 0.3) is 15.9 Å². The van der Waals surface area contributed by atoms with Gasteiger partial charge in [-0.25, -0.2) is 18.4 Å². The highest BCUT2D eigenvalue weighted by atomic mass is 32.2. The van der Waals surface area contributed by atoms with Crippen LogP contribution in [-0.4, -0.2) is 24.3 Å². The molecule has 0 radical (unpaired) electrons. The van der Waals surface area contributed by atoms with Crippen LogP contribution in [0.1, 0.15) is 28.5 Å². The maximum Gasteiger partial charge on any atom is 0.271 e. The molecule has 0 unspecified atom stereocenters. The molecule has 164 valence electrons. The minimum Gasteiger partial charge on any atom is -0.347 e. The molecule has 2 heterocycles. The van der Waals surface area contributed by atoms with Gasteiger partial charge in [-0.15, -0.1) is 22.7 Å². The van der Waals surface area contributed by atoms with Crippen LogP contribution in [0.4, 0.5) is 5.13 Å². The summed E-state index contributed by atoms with van der Waals surface area (Å²) in [6, 6.07) is 14.5. The second-order valence-electron chi connectivity index (χ2n) is 6.86. The Balaban J connectivity index is 1.36. The van der Waals surface area contributed by atoms with E-state index in [1.54, 1.807) is 22.9 Å². The van der Waals surface area contributed by atoms with Crippen molar-refractivity contribution in [2.75, 3.05) is 4.72 Å². The van der Waals surface area contributed by atoms with Crippen molar-refractivity contribution in [2.45, 2.75) is 24.8 Å². The first-order valence-electron chi connectivity index (χ1n) is 9.79. The van der Waals surface area contributed by atoms with Crippen molar-refractivity contribution in [2.24, 2.45) is 0 Å². The second kappa shape index (κ2) is 9.60. The fourth-order valence-electron chi connectivity index (χ4n) is 2.90. The molecule has 2 N–H and O–H groups in total. The highest BCUT2D eigenvalue weighted by Crippen LogP contribution is 2.24. The van der Waals surface area contributed by atoms with E-state index in [1.807, 2.05) is 12.1 Å². The third kappa shape index (κ3) is 5.21. The second-order valence-corrected chi connectivity index (χ2v) is 10.3. The Morgan fingerprint density at radius 1 is 1.00 bits per heavy atom. The summed E-state index contributed by atoms with van der Waals surface area (Å²) in [6.07, 6.45) is 2.50. The number of carbonyl (C=O) groups excluding carboxylic acids is 1. The molecule has 0 aliphatic heterocycles. The number of nitrogens with one attached hydrogen (secondary N) is 2. The molecule has 0 saturated carbocycles. The van der Waals surface area contributed by atoms with Crippen LogP contribution in [0, 0.1) is 0 Å². The lowest BCUT2D eigenvalue weighted by Crippen LogP contribution is -2.23. The van der Waals surface area contributed by atoms with Crippen LogP contribution in [-0.2, 0) is 23.0 Å². The Labute approximate surface area is 194 Å². The zero-order chi connectivity index (χ0) is 22.6. The van der Waals surface area contributed by atoms with E-state index in [9.17, 15) is 13.2 Å². The number of nitrogens with zero attached hydrogens (tertiary/aromatic N) is 2. The summed E-state index contributed by atoms with van der Waals surface area (Å²) in [4.78, 5) is 21.0. The predicted octanol–water partition coefficient (Wildman–Crippen LogP) is 4.56. The van der Waals surface area contributed by atoms with Gasteiger partial charge >= 0.3 is 0 Å². The summed E-state index contributed by atoms with van der Waals surface area (Å²) in [5.74, 6) is -0.278. The Bertz CT molecular complexity index is 1300. The van der Waals surface area contributed by atoms with Crippen LogP contribution in [0.5, 0.6) is 0 Å². The molecule has 32 heavy (non-hydrogen) atoms. The molecule has 2 aromatic heterocycles. The van der Waals surface area contributed by atoms with E-state index in [1.165, 1.54) is 46.6 Å². The van der Waals surface area contributed by atoms with Crippen LogP contribution in [0.3, 0.4) is 0 Å². The number of benzene rings is 2. The number of anilines is 1. The number of hydrogen-bond donors (Lipinski definition) is 2. The van der Waals surface area contributed by atoms with Crippen molar-refractivity contribution in [3.8, 4) is 10.6 Å². The smallest absolute Gasteiger partial charge is 0.271 e. The minimum absolute atomic E-state index is 0.126. The van der Waals surface area contributed by atoms with Gasteiger partial charge in [0.1, 0.15) is 10.7 Å². The van der Waals surface area contributed by atoms with E-state index in [-0.39, 0.29) is 17.3 Å². The van der Waals surface area contributed by atoms with Crippen molar-refractivity contribution in [1.29, 1.82) is 0 Å². The van der Waals surface area contributed by atoms with Gasteiger partial charge in [-0.3, -0.25) is 9.52 Å². The van der Waals surface area contributed by atoms with Gasteiger partial charge in [-0.05, 0) is 29.7 Å². The molecule has 1 amide bonds. The summed E-state index contributed by atoms with van der Waals surface area (Å²) in [7, 11) is -3.70. The van der Waals surface area contributed by atoms with Crippen molar-refractivity contribution < 1.29 is 13.2 Å². The first-order valence-corrected chi connectivity index (χ1v) is 13.0. The Morgan fingerprint density at radius 3 is 2.38 bits per heavy atom. The lowest BCUT2D eigenvalue weighted by molar-refractivity contribution is 0.0946. The number of thiazole rings is 2. The predicted molar refractivity (Wildman–Crippen MR) is 127 cm³/mol. The number of aromatic nitrogens is 2. The molecule has 4 aromatic rings. The van der Waals surface area contributed by atoms with Crippen molar-refractivity contribution >= 4 is 43.7 Å². The van der Waals surface area contributed by atoms with Crippen molar-refractivity contribution in [3.63, 3.8) is 0 Å². The molecule has 0 bridgehead atoms. The summed E-state index contributed by atoms with van der Waals surface area (Å²) in [5.41, 5.74) is 3.36. The van der Waals surface area contributed by atoms with Gasteiger partial charge in [-0.2, -0.15) is 0 Å². The first-order chi connectivity index (χ1) is 15.4. The average molecular weight is 485 g/mol. The molecule has 7 nitrogen and oxygen atoms in total. The number of rotatable bonds is 8. The summed E-state index contributed by atoms with van der Waals surface area (Å²) in [5, 5.41) is 7.35. The fourth-order valence-corrected chi connectivity index (χ4v) is 5.50. The largest absolute Gasteiger partial charge is 0.347 e. The maximum absolute atomic E-state index is 12.5. The monoisotopic (exact) mass is 484 g/mol. The number of aryl methyl sites for hydroxylation is 1. The van der Waals surface area contributed by atoms with Crippen LogP contribution in [0.2, 0.25) is 0 Å². The zero-order valence-corrected chi connectivity index (χ0v) is 19.6. The molecule has 2 aromatic carbocycles. The number of hydrogen-bond acceptors (Lipinski definition) is 7. The number of amides is 1. The maximum atomic E-state index is 12.5. The molecule has 0 fully saturated rings. The zero-order valence-electron chi connectivity index (χ0n) is 17.1. The molecule has 4 rings (SSSR count). The highest BCUT2D eigenvalue weighted by molar-refractivity contribution is 7.93. The van der Waals surface area contributed by atoms with Gasteiger partial charge < -0.3 is 5.32 Å². The summed E-state index contributed by atoms with van der Waals surface area (Å²) >= 11 is 2.63. The minimum atomic E-state index is -3.70. The Morgan fingerprint density at radius 2 is 1.72 bits per heavy atom. The Kier molecular flexibility index (Phi) is 6.63. The lowest BCUT2D eigenvalue weighted by atomic mass is 10.1. The number of carbonyl (C=O) groups is 1. The summed E-state index contributed by atoms with van der Waals surface area (Å²) in [6.45, 7) is 2.37. The topological polar surface area (TPSA) is 101 Å². The van der Waals surface area contributed by atoms with E-state index in [0.29, 0.717) is 10.8 Å². The molecular weight excluding hydrogens is 464 g/mol. The van der Waals surface area contributed by atoms with Gasteiger partial charge in [0.15, 0.2) is 5.13 Å². The molecule has 0 aliphatic carbocycles. The molecule has 0 aliphatic rings. The van der Waals surface area contributed by atoms with E-state index >= 15 is 0 Å². The molecule has 0 saturated heterocycles. The van der Waals surface area contributed by atoms with Crippen molar-refractivity contribution in [3.05, 3.63) is 82.3 Å². The van der Waals surface area contributed by atoms with Crippen LogP contribution < -0.4 is 10.0 Å². The van der Waals surface area contributed by atoms with Crippen LogP contribution in [0.15, 0.2) is 70.4 Å². The molecule has 0 atom stereocenters. The van der Waals surface area contributed by atoms with E-state index in [4.69, 9.17) is 0 Å². The standard InChI is InChI=1S/C22H20N4O3S3/c1-2-15-3-7-17(8-4-15)21-25-19(14-31-21)20(27)24-13-16-5-9-18(10-6-16)32(28,29)26-22-23-11-12-30-22/h3-12,14H,2,13H2,1H3,(H,23,26)(H,24,27). The quantitative estimate of drug-likeness (QED) is 0.382. The number of sulfonamides is 1. The Hall–Kier alpha value is -3.08. The molecular formula is C22H20N4O3S3. The fraction of sp³-hybridized carbons (Fsp3) is 0.136. The third-order valence-electron chi connectivity index (χ3n) is 4.69. The van der Waals surface area contributed by atoms with Gasteiger partial charge in [0, 0.05) is 29.1 Å². The third-order valence-corrected chi connectivity index (χ3v) is 7.75. The van der Waals surface area contributed by atoms with Gasteiger partial charge in [0.05, 0.1) is 4.90 Å². The average Bonchev–Trinajstić information content (AvgIpc) is 3.50. The van der Waals surface area contributed by atoms with Gasteiger partial charge in [-0.1, -0.05) is 43.3 Å². The SMILES string of the molecule is CCc1ccc(-c2nc(C(=O)NCc3ccc(S(=O)(=O)Nc4nccs4)cc3)cs2)cc1. The van der Waals surface area contributed by atoms with Crippen molar-refractivity contribution in [1.82, 2.24) is 15.3 Å². The van der Waals surface area contributed by atoms with E-state index in [0.717, 1.165) is 22.6 Å². The molecule has 10 heteroatoms. The normalized spacial score (nSPS) is 11.3. The summed E-state index contributed by atoms with van der Waals surface area (Å²) < 4.78 is 27.2. The molecule has 0 spiro atoms. The first kappa shape index (κ1) is 22.1. The highest BCUT2D eigenvalue weighted by Gasteiger charge is 2.16. The van der Waals surface area contributed by atoms with E-state index < -0.39 is 10.0 Å². The van der Waals surface area contributed by atoms with Gasteiger partial charge in [0.2, 0.25) is 0 Å². The van der Waals surface area contributed by atoms with Crippen LogP contribution in [0.25, 0.3) is 10.6 Å². The lowest BCUT2D eigenvalue weighted by Gasteiger charge is -2.07. The van der Waals surface area contributed by atoms with Crippen LogP contribution >= 0.6 is 22.7 Å². The van der Waals surface area contributed by atoms with E-state index in [2.05, 4.69) is 39.1 Å².